The van der Waals surface area contributed by atoms with E-state index in [-0.39, 0.29) is 17.1 Å². The number of nitrogens with zero attached hydrogens (tertiary/aromatic N) is 2. The molecule has 1 aromatic heterocycles. The third-order valence-corrected chi connectivity index (χ3v) is 3.91. The van der Waals surface area contributed by atoms with E-state index in [1.54, 1.807) is 24.4 Å². The van der Waals surface area contributed by atoms with Gasteiger partial charge in [0.15, 0.2) is 0 Å². The molecule has 2 unspecified atom stereocenters. The lowest BCUT2D eigenvalue weighted by atomic mass is 10.1. The maximum atomic E-state index is 13.8. The number of hydrogen-bond acceptors (Lipinski definition) is 4. The zero-order valence-electron chi connectivity index (χ0n) is 9.95. The van der Waals surface area contributed by atoms with Gasteiger partial charge in [-0.05, 0) is 19.1 Å². The second-order valence-corrected chi connectivity index (χ2v) is 5.13. The highest BCUT2D eigenvalue weighted by Gasteiger charge is 2.21. The Bertz CT molecular complexity index is 505. The molecule has 0 spiro atoms. The molecule has 2 aromatic rings. The summed E-state index contributed by atoms with van der Waals surface area (Å²) in [7, 11) is 0. The molecule has 0 aliphatic rings. The Morgan fingerprint density at radius 1 is 1.28 bits per heavy atom. The van der Waals surface area contributed by atoms with Crippen LogP contribution in [0, 0.1) is 5.82 Å². The minimum absolute atomic E-state index is 0.166. The average Bonchev–Trinajstić information content (AvgIpc) is 2.38. The summed E-state index contributed by atoms with van der Waals surface area (Å²) < 4.78 is 13.8. The van der Waals surface area contributed by atoms with Gasteiger partial charge in [-0.25, -0.2) is 14.4 Å². The van der Waals surface area contributed by atoms with Crippen LogP contribution >= 0.6 is 11.8 Å². The number of hydrogen-bond donors (Lipinski definition) is 1. The Morgan fingerprint density at radius 2 is 2.06 bits per heavy atom. The van der Waals surface area contributed by atoms with Gasteiger partial charge in [0.25, 0.3) is 0 Å². The Hall–Kier alpha value is -1.46. The van der Waals surface area contributed by atoms with Gasteiger partial charge in [-0.3, -0.25) is 0 Å². The molecule has 18 heavy (non-hydrogen) atoms. The average molecular weight is 263 g/mol. The van der Waals surface area contributed by atoms with Crippen LogP contribution in [0.4, 0.5) is 4.39 Å². The summed E-state index contributed by atoms with van der Waals surface area (Å²) in [4.78, 5) is 7.99. The number of halogens is 1. The van der Waals surface area contributed by atoms with Crippen LogP contribution in [0.15, 0.2) is 47.9 Å². The maximum Gasteiger partial charge on any atom is 0.127 e. The van der Waals surface area contributed by atoms with E-state index in [9.17, 15) is 4.39 Å². The van der Waals surface area contributed by atoms with Crippen molar-refractivity contribution < 1.29 is 4.39 Å². The van der Waals surface area contributed by atoms with E-state index in [0.29, 0.717) is 5.56 Å². The monoisotopic (exact) mass is 263 g/mol. The van der Waals surface area contributed by atoms with Crippen molar-refractivity contribution in [2.24, 2.45) is 5.73 Å². The topological polar surface area (TPSA) is 51.8 Å². The molecule has 0 saturated carbocycles. The zero-order chi connectivity index (χ0) is 13.0. The summed E-state index contributed by atoms with van der Waals surface area (Å²) in [5.41, 5.74) is 6.56. The molecular formula is C13H14FN3S. The third-order valence-electron chi connectivity index (χ3n) is 2.49. The van der Waals surface area contributed by atoms with Crippen LogP contribution < -0.4 is 5.73 Å². The van der Waals surface area contributed by atoms with Crippen molar-refractivity contribution in [1.82, 2.24) is 9.97 Å². The number of rotatable bonds is 4. The summed E-state index contributed by atoms with van der Waals surface area (Å²) >= 11 is 1.45. The first-order valence-corrected chi connectivity index (χ1v) is 6.49. The highest BCUT2D eigenvalue weighted by atomic mass is 32.2. The lowest BCUT2D eigenvalue weighted by molar-refractivity contribution is 0.592. The van der Waals surface area contributed by atoms with Crippen LogP contribution in [-0.4, -0.2) is 16.0 Å². The molecule has 0 radical (unpaired) electrons. The minimum atomic E-state index is -0.235. The van der Waals surface area contributed by atoms with Crippen molar-refractivity contribution in [2.75, 3.05) is 0 Å². The van der Waals surface area contributed by atoms with Gasteiger partial charge in [0.05, 0.1) is 10.3 Å². The molecule has 2 rings (SSSR count). The molecule has 2 N–H and O–H groups in total. The molecule has 3 nitrogen and oxygen atoms in total. The van der Waals surface area contributed by atoms with Gasteiger partial charge >= 0.3 is 0 Å². The van der Waals surface area contributed by atoms with Gasteiger partial charge in [0.1, 0.15) is 12.1 Å². The van der Waals surface area contributed by atoms with Crippen molar-refractivity contribution in [1.29, 1.82) is 0 Å². The van der Waals surface area contributed by atoms with Gasteiger partial charge in [-0.15, -0.1) is 0 Å². The lowest BCUT2D eigenvalue weighted by Gasteiger charge is -2.20. The van der Waals surface area contributed by atoms with Gasteiger partial charge in [-0.1, -0.05) is 30.0 Å². The number of aromatic nitrogens is 2. The van der Waals surface area contributed by atoms with E-state index in [1.165, 1.54) is 24.2 Å². The van der Waals surface area contributed by atoms with Crippen molar-refractivity contribution in [3.8, 4) is 0 Å². The summed E-state index contributed by atoms with van der Waals surface area (Å²) in [5, 5.41) is 0.622. The number of benzene rings is 1. The van der Waals surface area contributed by atoms with Crippen LogP contribution in [0.5, 0.6) is 0 Å². The van der Waals surface area contributed by atoms with Gasteiger partial charge in [-0.2, -0.15) is 0 Å². The predicted molar refractivity (Wildman–Crippen MR) is 70.7 cm³/mol. The van der Waals surface area contributed by atoms with Crippen LogP contribution in [0.2, 0.25) is 0 Å². The van der Waals surface area contributed by atoms with E-state index in [0.717, 1.165) is 5.03 Å². The number of nitrogens with two attached hydrogens (primary N) is 1. The molecule has 94 valence electrons. The molecule has 0 bridgehead atoms. The van der Waals surface area contributed by atoms with Crippen LogP contribution in [0.1, 0.15) is 17.7 Å². The molecule has 1 heterocycles. The molecular weight excluding hydrogens is 249 g/mol. The Morgan fingerprint density at radius 3 is 2.67 bits per heavy atom. The maximum absolute atomic E-state index is 13.8. The quantitative estimate of drug-likeness (QED) is 0.680. The first kappa shape index (κ1) is 13.0. The van der Waals surface area contributed by atoms with Crippen LogP contribution in [0.25, 0.3) is 0 Å². The smallest absolute Gasteiger partial charge is 0.127 e. The molecule has 0 aliphatic carbocycles. The molecule has 5 heteroatoms. The van der Waals surface area contributed by atoms with E-state index >= 15 is 0 Å². The molecule has 2 atom stereocenters. The SMILES string of the molecule is CC(N)C(Sc1ccncn1)c1ccccc1F. The second kappa shape index (κ2) is 5.93. The summed E-state index contributed by atoms with van der Waals surface area (Å²) in [6, 6.07) is 8.31. The van der Waals surface area contributed by atoms with Gasteiger partial charge < -0.3 is 5.73 Å². The van der Waals surface area contributed by atoms with Crippen molar-refractivity contribution in [3.63, 3.8) is 0 Å². The third kappa shape index (κ3) is 3.05. The summed E-state index contributed by atoms with van der Waals surface area (Å²) in [6.45, 7) is 1.87. The van der Waals surface area contributed by atoms with E-state index in [2.05, 4.69) is 9.97 Å². The fraction of sp³-hybridized carbons (Fsp3) is 0.231. The van der Waals surface area contributed by atoms with Crippen LogP contribution in [0.3, 0.4) is 0 Å². The standard InChI is InChI=1S/C13H14FN3S/c1-9(15)13(10-4-2-3-5-11(10)14)18-12-6-7-16-8-17-12/h2-9,13H,15H2,1H3. The van der Waals surface area contributed by atoms with Gasteiger partial charge in [0, 0.05) is 17.8 Å². The predicted octanol–water partition coefficient (Wildman–Crippen LogP) is 2.80. The molecule has 0 amide bonds. The van der Waals surface area contributed by atoms with Crippen molar-refractivity contribution in [3.05, 3.63) is 54.2 Å². The first-order valence-electron chi connectivity index (χ1n) is 5.61. The molecule has 0 saturated heterocycles. The van der Waals surface area contributed by atoms with E-state index < -0.39 is 0 Å². The fourth-order valence-corrected chi connectivity index (χ4v) is 2.68. The van der Waals surface area contributed by atoms with E-state index in [1.807, 2.05) is 13.0 Å². The highest BCUT2D eigenvalue weighted by Crippen LogP contribution is 2.36. The second-order valence-electron chi connectivity index (χ2n) is 3.97. The Labute approximate surface area is 110 Å². The molecule has 1 aromatic carbocycles. The normalized spacial score (nSPS) is 14.2. The first-order chi connectivity index (χ1) is 8.68. The fourth-order valence-electron chi connectivity index (χ4n) is 1.64. The molecule has 0 aliphatic heterocycles. The summed E-state index contributed by atoms with van der Waals surface area (Å²) in [6.07, 6.45) is 3.14. The molecule has 0 fully saturated rings. The Kier molecular flexibility index (Phi) is 4.28. The van der Waals surface area contributed by atoms with Crippen molar-refractivity contribution in [2.45, 2.75) is 23.2 Å². The largest absolute Gasteiger partial charge is 0.327 e. The highest BCUT2D eigenvalue weighted by molar-refractivity contribution is 7.99. The summed E-state index contributed by atoms with van der Waals surface area (Å²) in [5.74, 6) is -0.235. The lowest BCUT2D eigenvalue weighted by Crippen LogP contribution is -2.23. The van der Waals surface area contributed by atoms with Gasteiger partial charge in [0.2, 0.25) is 0 Å². The van der Waals surface area contributed by atoms with Crippen molar-refractivity contribution >= 4 is 11.8 Å². The van der Waals surface area contributed by atoms with Crippen LogP contribution in [-0.2, 0) is 0 Å². The van der Waals surface area contributed by atoms with E-state index in [4.69, 9.17) is 5.73 Å². The minimum Gasteiger partial charge on any atom is -0.327 e. The number of thioether (sulfide) groups is 1. The zero-order valence-corrected chi connectivity index (χ0v) is 10.8. The Balaban J connectivity index is 2.27.